The Kier molecular flexibility index (Phi) is 4.89. The molecule has 162 valence electrons. The maximum absolute atomic E-state index is 13.1. The molecular weight excluding hydrogens is 410 g/mol. The van der Waals surface area contributed by atoms with Gasteiger partial charge in [0.15, 0.2) is 12.4 Å². The minimum Gasteiger partial charge on any atom is -0.497 e. The van der Waals surface area contributed by atoms with Gasteiger partial charge in [0.25, 0.3) is 0 Å². The molecule has 2 aliphatic carbocycles. The molecule has 2 aromatic carbocycles. The van der Waals surface area contributed by atoms with E-state index >= 15 is 0 Å². The number of allylic oxidation sites excluding steroid dienone is 2. The molecule has 2 amide bonds. The SMILES string of the molecule is COc1ccc(C(=O)COC(=O)c2ccccc2N2C(=O)[C@@H]3[C@H](C2=O)[C@H]2C=C[C@H]3C2)cc1. The molecule has 0 radical (unpaired) electrons. The Morgan fingerprint density at radius 2 is 1.56 bits per heavy atom. The van der Waals surface area contributed by atoms with Gasteiger partial charge in [0, 0.05) is 5.56 Å². The highest BCUT2D eigenvalue weighted by Crippen LogP contribution is 2.53. The molecular formula is C25H21NO6. The van der Waals surface area contributed by atoms with E-state index in [1.807, 2.05) is 12.2 Å². The Bertz CT molecular complexity index is 1120. The van der Waals surface area contributed by atoms with E-state index in [4.69, 9.17) is 9.47 Å². The summed E-state index contributed by atoms with van der Waals surface area (Å²) in [4.78, 5) is 52.6. The molecule has 32 heavy (non-hydrogen) atoms. The predicted molar refractivity (Wildman–Crippen MR) is 114 cm³/mol. The molecule has 4 atom stereocenters. The third kappa shape index (κ3) is 3.12. The van der Waals surface area contributed by atoms with E-state index in [-0.39, 0.29) is 52.5 Å². The molecule has 3 aliphatic rings. The molecule has 0 N–H and O–H groups in total. The predicted octanol–water partition coefficient (Wildman–Crippen LogP) is 3.05. The number of carbonyl (C=O) groups excluding carboxylic acids is 4. The average Bonchev–Trinajstić information content (AvgIpc) is 3.51. The van der Waals surface area contributed by atoms with Crippen LogP contribution in [-0.4, -0.2) is 37.3 Å². The molecule has 1 saturated heterocycles. The molecule has 2 bridgehead atoms. The first-order chi connectivity index (χ1) is 15.5. The van der Waals surface area contributed by atoms with Gasteiger partial charge in [-0.2, -0.15) is 0 Å². The van der Waals surface area contributed by atoms with Crippen LogP contribution in [0.3, 0.4) is 0 Å². The minimum atomic E-state index is -0.763. The zero-order valence-electron chi connectivity index (χ0n) is 17.4. The van der Waals surface area contributed by atoms with E-state index < -0.39 is 12.6 Å². The quantitative estimate of drug-likeness (QED) is 0.302. The van der Waals surface area contributed by atoms with Crippen LogP contribution >= 0.6 is 0 Å². The number of rotatable bonds is 6. The molecule has 7 heteroatoms. The zero-order chi connectivity index (χ0) is 22.4. The lowest BCUT2D eigenvalue weighted by atomic mass is 9.85. The van der Waals surface area contributed by atoms with Gasteiger partial charge >= 0.3 is 5.97 Å². The van der Waals surface area contributed by atoms with Crippen LogP contribution in [0.15, 0.2) is 60.7 Å². The first-order valence-electron chi connectivity index (χ1n) is 10.5. The number of ketones is 1. The fourth-order valence-electron chi connectivity index (χ4n) is 5.05. The summed E-state index contributed by atoms with van der Waals surface area (Å²) in [5, 5.41) is 0. The summed E-state index contributed by atoms with van der Waals surface area (Å²) >= 11 is 0. The maximum Gasteiger partial charge on any atom is 0.340 e. The van der Waals surface area contributed by atoms with E-state index in [0.717, 1.165) is 11.3 Å². The normalized spacial score (nSPS) is 25.2. The second kappa shape index (κ2) is 7.75. The summed E-state index contributed by atoms with van der Waals surface area (Å²) in [6, 6.07) is 12.8. The number of hydrogen-bond acceptors (Lipinski definition) is 6. The number of anilines is 1. The van der Waals surface area contributed by atoms with Crippen molar-refractivity contribution in [3.63, 3.8) is 0 Å². The highest BCUT2D eigenvalue weighted by Gasteiger charge is 2.59. The highest BCUT2D eigenvalue weighted by molar-refractivity contribution is 6.24. The van der Waals surface area contributed by atoms with E-state index in [1.165, 1.54) is 13.2 Å². The van der Waals surface area contributed by atoms with Crippen molar-refractivity contribution in [1.29, 1.82) is 0 Å². The molecule has 1 saturated carbocycles. The van der Waals surface area contributed by atoms with Gasteiger partial charge < -0.3 is 9.47 Å². The van der Waals surface area contributed by atoms with Gasteiger partial charge in [-0.1, -0.05) is 24.3 Å². The van der Waals surface area contributed by atoms with Gasteiger partial charge in [0.2, 0.25) is 11.8 Å². The van der Waals surface area contributed by atoms with Gasteiger partial charge in [-0.05, 0) is 54.7 Å². The zero-order valence-corrected chi connectivity index (χ0v) is 17.4. The van der Waals surface area contributed by atoms with Crippen molar-refractivity contribution in [2.24, 2.45) is 23.7 Å². The Morgan fingerprint density at radius 3 is 2.19 bits per heavy atom. The summed E-state index contributed by atoms with van der Waals surface area (Å²) in [5.74, 6) is -1.64. The Balaban J connectivity index is 1.33. The van der Waals surface area contributed by atoms with E-state index in [2.05, 4.69) is 0 Å². The summed E-state index contributed by atoms with van der Waals surface area (Å²) in [6.45, 7) is -0.458. The number of hydrogen-bond donors (Lipinski definition) is 0. The maximum atomic E-state index is 13.1. The van der Waals surface area contributed by atoms with E-state index in [1.54, 1.807) is 42.5 Å². The number of para-hydroxylation sites is 1. The van der Waals surface area contributed by atoms with Crippen molar-refractivity contribution in [3.05, 3.63) is 71.8 Å². The number of carbonyl (C=O) groups is 4. The molecule has 0 unspecified atom stereocenters. The van der Waals surface area contributed by atoms with E-state index in [9.17, 15) is 19.2 Å². The van der Waals surface area contributed by atoms with Crippen LogP contribution in [0.2, 0.25) is 0 Å². The molecule has 1 heterocycles. The first-order valence-corrected chi connectivity index (χ1v) is 10.5. The lowest BCUT2D eigenvalue weighted by molar-refractivity contribution is -0.123. The average molecular weight is 431 g/mol. The Labute approximate surface area is 184 Å². The second-order valence-corrected chi connectivity index (χ2v) is 8.26. The summed E-state index contributed by atoms with van der Waals surface area (Å²) in [5.41, 5.74) is 0.669. The number of Topliss-reactive ketones (excluding diaryl/α,β-unsaturated/α-hetero) is 1. The number of fused-ring (bicyclic) bond motifs is 5. The number of benzene rings is 2. The smallest absolute Gasteiger partial charge is 0.340 e. The van der Waals surface area contributed by atoms with Crippen molar-refractivity contribution in [3.8, 4) is 5.75 Å². The largest absolute Gasteiger partial charge is 0.497 e. The molecule has 0 aromatic heterocycles. The van der Waals surface area contributed by atoms with Crippen molar-refractivity contribution >= 4 is 29.3 Å². The number of esters is 1. The molecule has 7 nitrogen and oxygen atoms in total. The van der Waals surface area contributed by atoms with Crippen molar-refractivity contribution in [1.82, 2.24) is 0 Å². The Morgan fingerprint density at radius 1 is 0.938 bits per heavy atom. The molecule has 2 fully saturated rings. The van der Waals surface area contributed by atoms with Crippen LogP contribution in [0.25, 0.3) is 0 Å². The third-order valence-corrected chi connectivity index (χ3v) is 6.58. The van der Waals surface area contributed by atoms with Gasteiger partial charge in [-0.25, -0.2) is 9.69 Å². The van der Waals surface area contributed by atoms with Crippen LogP contribution < -0.4 is 9.64 Å². The summed E-state index contributed by atoms with van der Waals surface area (Å²) in [7, 11) is 1.53. The number of nitrogens with zero attached hydrogens (tertiary/aromatic N) is 1. The van der Waals surface area contributed by atoms with Crippen molar-refractivity contribution < 1.29 is 28.7 Å². The van der Waals surface area contributed by atoms with Crippen LogP contribution in [-0.2, 0) is 14.3 Å². The Hall–Kier alpha value is -3.74. The molecule has 0 spiro atoms. The number of imide groups is 1. The topological polar surface area (TPSA) is 90.0 Å². The van der Waals surface area contributed by atoms with Crippen LogP contribution in [0.1, 0.15) is 27.1 Å². The van der Waals surface area contributed by atoms with Crippen molar-refractivity contribution in [2.45, 2.75) is 6.42 Å². The van der Waals surface area contributed by atoms with Crippen LogP contribution in [0.5, 0.6) is 5.75 Å². The number of amides is 2. The second-order valence-electron chi connectivity index (χ2n) is 8.26. The standard InChI is InChI=1S/C25H21NO6/c1-31-17-10-8-14(9-11-17)20(27)13-32-25(30)18-4-2-3-5-19(18)26-23(28)21-15-6-7-16(12-15)22(21)24(26)29/h2-11,15-16,21-22H,12-13H2,1H3/t15-,16-,21-,22+/m0/s1. The lowest BCUT2D eigenvalue weighted by Crippen LogP contribution is -2.34. The van der Waals surface area contributed by atoms with E-state index in [0.29, 0.717) is 11.3 Å². The molecule has 5 rings (SSSR count). The number of methoxy groups -OCH3 is 1. The highest BCUT2D eigenvalue weighted by atomic mass is 16.5. The monoisotopic (exact) mass is 431 g/mol. The van der Waals surface area contributed by atoms with Crippen LogP contribution in [0.4, 0.5) is 5.69 Å². The fraction of sp³-hybridized carbons (Fsp3) is 0.280. The van der Waals surface area contributed by atoms with Crippen molar-refractivity contribution in [2.75, 3.05) is 18.6 Å². The van der Waals surface area contributed by atoms with Gasteiger partial charge in [0.05, 0.1) is 30.2 Å². The van der Waals surface area contributed by atoms with Gasteiger partial charge in [-0.15, -0.1) is 0 Å². The molecule has 1 aliphatic heterocycles. The van der Waals surface area contributed by atoms with Gasteiger partial charge in [-0.3, -0.25) is 14.4 Å². The summed E-state index contributed by atoms with van der Waals surface area (Å²) in [6.07, 6.45) is 4.87. The first kappa shape index (κ1) is 20.2. The lowest BCUT2D eigenvalue weighted by Gasteiger charge is -2.19. The summed E-state index contributed by atoms with van der Waals surface area (Å²) < 4.78 is 10.3. The fourth-order valence-corrected chi connectivity index (χ4v) is 5.05. The van der Waals surface area contributed by atoms with Gasteiger partial charge in [0.1, 0.15) is 5.75 Å². The minimum absolute atomic E-state index is 0.0766. The molecule has 2 aromatic rings. The number of ether oxygens (including phenoxy) is 2. The van der Waals surface area contributed by atoms with Crippen LogP contribution in [0, 0.1) is 23.7 Å². The third-order valence-electron chi connectivity index (χ3n) is 6.58.